The standard InChI is InChI=1S/C10H14F2N2O2S.ClH/c11-8-4-3-5-9(10(8)12)17(15,16)14-7-2-1-6-13;/h3-5,14H,1-2,6-7,13H2;1H. The molecular formula is C10H15ClF2N2O2S. The SMILES string of the molecule is Cl.NCCCCNS(=O)(=O)c1cccc(F)c1F. The van der Waals surface area contributed by atoms with Crippen molar-refractivity contribution in [2.24, 2.45) is 5.73 Å². The van der Waals surface area contributed by atoms with E-state index in [2.05, 4.69) is 4.72 Å². The normalized spacial score (nSPS) is 11.1. The topological polar surface area (TPSA) is 72.2 Å². The zero-order valence-corrected chi connectivity index (χ0v) is 11.2. The molecular weight excluding hydrogens is 286 g/mol. The highest BCUT2D eigenvalue weighted by Gasteiger charge is 2.20. The van der Waals surface area contributed by atoms with E-state index in [4.69, 9.17) is 5.73 Å². The van der Waals surface area contributed by atoms with Crippen molar-refractivity contribution in [2.45, 2.75) is 17.7 Å². The van der Waals surface area contributed by atoms with Crippen molar-refractivity contribution in [3.63, 3.8) is 0 Å². The maximum Gasteiger partial charge on any atom is 0.243 e. The summed E-state index contributed by atoms with van der Waals surface area (Å²) in [5.74, 6) is -2.55. The van der Waals surface area contributed by atoms with Gasteiger partial charge in [-0.1, -0.05) is 6.07 Å². The molecule has 0 bridgehead atoms. The molecule has 104 valence electrons. The molecule has 0 spiro atoms. The van der Waals surface area contributed by atoms with Crippen LogP contribution in [-0.4, -0.2) is 21.5 Å². The number of hydrogen-bond acceptors (Lipinski definition) is 3. The van der Waals surface area contributed by atoms with Gasteiger partial charge < -0.3 is 5.73 Å². The lowest BCUT2D eigenvalue weighted by Crippen LogP contribution is -2.26. The van der Waals surface area contributed by atoms with E-state index in [0.717, 1.165) is 18.2 Å². The van der Waals surface area contributed by atoms with Crippen LogP contribution in [0.4, 0.5) is 8.78 Å². The number of nitrogens with two attached hydrogens (primary N) is 1. The Kier molecular flexibility index (Phi) is 7.30. The summed E-state index contributed by atoms with van der Waals surface area (Å²) in [5, 5.41) is 0. The van der Waals surface area contributed by atoms with Crippen LogP contribution in [0, 0.1) is 11.6 Å². The van der Waals surface area contributed by atoms with E-state index in [1.807, 2.05) is 0 Å². The molecule has 1 rings (SSSR count). The fourth-order valence-corrected chi connectivity index (χ4v) is 2.40. The lowest BCUT2D eigenvalue weighted by atomic mass is 10.3. The van der Waals surface area contributed by atoms with Gasteiger partial charge in [-0.05, 0) is 31.5 Å². The molecule has 0 fully saturated rings. The second-order valence-corrected chi connectivity index (χ2v) is 5.18. The lowest BCUT2D eigenvalue weighted by molar-refractivity contribution is 0.483. The van der Waals surface area contributed by atoms with E-state index in [1.54, 1.807) is 0 Å². The Bertz CT molecular complexity index is 483. The molecule has 0 heterocycles. The van der Waals surface area contributed by atoms with Gasteiger partial charge in [-0.2, -0.15) is 0 Å². The highest BCUT2D eigenvalue weighted by Crippen LogP contribution is 2.16. The third-order valence-electron chi connectivity index (χ3n) is 2.13. The molecule has 0 radical (unpaired) electrons. The highest BCUT2D eigenvalue weighted by molar-refractivity contribution is 7.89. The van der Waals surface area contributed by atoms with Crippen LogP contribution < -0.4 is 10.5 Å². The van der Waals surface area contributed by atoms with Crippen LogP contribution in [0.2, 0.25) is 0 Å². The maximum absolute atomic E-state index is 13.3. The van der Waals surface area contributed by atoms with Crippen LogP contribution in [0.5, 0.6) is 0 Å². The predicted octanol–water partition coefficient (Wildman–Crippen LogP) is 1.40. The van der Waals surface area contributed by atoms with Crippen LogP contribution >= 0.6 is 12.4 Å². The van der Waals surface area contributed by atoms with Gasteiger partial charge in [-0.3, -0.25) is 0 Å². The van der Waals surface area contributed by atoms with E-state index in [1.165, 1.54) is 0 Å². The molecule has 0 aliphatic rings. The Morgan fingerprint density at radius 2 is 1.89 bits per heavy atom. The third kappa shape index (κ3) is 4.49. The average Bonchev–Trinajstić information content (AvgIpc) is 2.28. The van der Waals surface area contributed by atoms with Crippen molar-refractivity contribution in [3.05, 3.63) is 29.8 Å². The number of nitrogens with one attached hydrogen (secondary N) is 1. The van der Waals surface area contributed by atoms with E-state index in [-0.39, 0.29) is 19.0 Å². The molecule has 0 aromatic heterocycles. The Morgan fingerprint density at radius 3 is 2.50 bits per heavy atom. The largest absolute Gasteiger partial charge is 0.330 e. The number of rotatable bonds is 6. The van der Waals surface area contributed by atoms with Crippen LogP contribution in [0.1, 0.15) is 12.8 Å². The van der Waals surface area contributed by atoms with Crippen molar-refractivity contribution < 1.29 is 17.2 Å². The molecule has 0 atom stereocenters. The molecule has 4 nitrogen and oxygen atoms in total. The first-order valence-corrected chi connectivity index (χ1v) is 6.61. The van der Waals surface area contributed by atoms with Gasteiger partial charge in [0.1, 0.15) is 4.90 Å². The minimum absolute atomic E-state index is 0. The van der Waals surface area contributed by atoms with Crippen molar-refractivity contribution in [2.75, 3.05) is 13.1 Å². The Morgan fingerprint density at radius 1 is 1.22 bits per heavy atom. The molecule has 0 unspecified atom stereocenters. The summed E-state index contributed by atoms with van der Waals surface area (Å²) in [7, 11) is -4.00. The Hall–Kier alpha value is -0.760. The second-order valence-electron chi connectivity index (χ2n) is 3.45. The summed E-state index contributed by atoms with van der Waals surface area (Å²) in [4.78, 5) is -0.676. The van der Waals surface area contributed by atoms with Crippen molar-refractivity contribution in [1.82, 2.24) is 4.72 Å². The predicted molar refractivity (Wildman–Crippen MR) is 67.1 cm³/mol. The number of unbranched alkanes of at least 4 members (excludes halogenated alkanes) is 1. The van der Waals surface area contributed by atoms with Crippen LogP contribution in [-0.2, 0) is 10.0 Å². The van der Waals surface area contributed by atoms with Crippen LogP contribution in [0.25, 0.3) is 0 Å². The third-order valence-corrected chi connectivity index (χ3v) is 3.61. The molecule has 0 amide bonds. The minimum atomic E-state index is -4.00. The van der Waals surface area contributed by atoms with Gasteiger partial charge in [0.2, 0.25) is 10.0 Å². The summed E-state index contributed by atoms with van der Waals surface area (Å²) in [6.07, 6.45) is 1.21. The summed E-state index contributed by atoms with van der Waals surface area (Å²) in [6, 6.07) is 3.03. The molecule has 1 aromatic rings. The van der Waals surface area contributed by atoms with Gasteiger partial charge in [0, 0.05) is 6.54 Å². The summed E-state index contributed by atoms with van der Waals surface area (Å²) in [5.41, 5.74) is 5.25. The summed E-state index contributed by atoms with van der Waals surface area (Å²) >= 11 is 0. The van der Waals surface area contributed by atoms with Gasteiger partial charge >= 0.3 is 0 Å². The monoisotopic (exact) mass is 300 g/mol. The molecule has 18 heavy (non-hydrogen) atoms. The summed E-state index contributed by atoms with van der Waals surface area (Å²) in [6.45, 7) is 0.603. The van der Waals surface area contributed by atoms with Gasteiger partial charge in [0.05, 0.1) is 0 Å². The Balaban J connectivity index is 0.00000289. The summed E-state index contributed by atoms with van der Waals surface area (Å²) < 4.78 is 51.6. The first-order valence-electron chi connectivity index (χ1n) is 5.13. The smallest absolute Gasteiger partial charge is 0.243 e. The molecule has 0 saturated carbocycles. The van der Waals surface area contributed by atoms with Crippen LogP contribution in [0.15, 0.2) is 23.1 Å². The van der Waals surface area contributed by atoms with Crippen LogP contribution in [0.3, 0.4) is 0 Å². The fraction of sp³-hybridized carbons (Fsp3) is 0.400. The number of hydrogen-bond donors (Lipinski definition) is 2. The van der Waals surface area contributed by atoms with Crippen molar-refractivity contribution in [1.29, 1.82) is 0 Å². The lowest BCUT2D eigenvalue weighted by Gasteiger charge is -2.07. The first-order chi connectivity index (χ1) is 7.99. The zero-order chi connectivity index (χ0) is 12.9. The fourth-order valence-electron chi connectivity index (χ4n) is 1.25. The maximum atomic E-state index is 13.3. The molecule has 1 aromatic carbocycles. The van der Waals surface area contributed by atoms with Gasteiger partial charge in [-0.25, -0.2) is 21.9 Å². The van der Waals surface area contributed by atoms with E-state index < -0.39 is 26.6 Å². The minimum Gasteiger partial charge on any atom is -0.330 e. The van der Waals surface area contributed by atoms with Crippen molar-refractivity contribution in [3.8, 4) is 0 Å². The zero-order valence-electron chi connectivity index (χ0n) is 9.53. The number of halogens is 3. The van der Waals surface area contributed by atoms with Gasteiger partial charge in [0.15, 0.2) is 11.6 Å². The van der Waals surface area contributed by atoms with Gasteiger partial charge in [0.25, 0.3) is 0 Å². The van der Waals surface area contributed by atoms with E-state index in [9.17, 15) is 17.2 Å². The van der Waals surface area contributed by atoms with Crippen molar-refractivity contribution >= 4 is 22.4 Å². The molecule has 3 N–H and O–H groups in total. The number of benzene rings is 1. The van der Waals surface area contributed by atoms with Gasteiger partial charge in [-0.15, -0.1) is 12.4 Å². The average molecular weight is 301 g/mol. The molecule has 0 aliphatic carbocycles. The Labute approximate surface area is 111 Å². The molecule has 0 saturated heterocycles. The first kappa shape index (κ1) is 17.2. The second kappa shape index (κ2) is 7.63. The number of sulfonamides is 1. The molecule has 8 heteroatoms. The quantitative estimate of drug-likeness (QED) is 0.780. The highest BCUT2D eigenvalue weighted by atomic mass is 35.5. The van der Waals surface area contributed by atoms with E-state index in [0.29, 0.717) is 19.4 Å². The van der Waals surface area contributed by atoms with E-state index >= 15 is 0 Å². The molecule has 0 aliphatic heterocycles.